The minimum Gasteiger partial charge on any atom is -0.370 e. The van der Waals surface area contributed by atoms with E-state index in [1.807, 2.05) is 19.2 Å². The number of rotatable bonds is 3. The van der Waals surface area contributed by atoms with Crippen LogP contribution in [0, 0.1) is 18.3 Å². The Balaban J connectivity index is 2.16. The Kier molecular flexibility index (Phi) is 4.09. The summed E-state index contributed by atoms with van der Waals surface area (Å²) in [5, 5.41) is 9.36. The maximum atomic E-state index is 8.86. The van der Waals surface area contributed by atoms with E-state index in [1.54, 1.807) is 6.07 Å². The zero-order valence-electron chi connectivity index (χ0n) is 11.0. The third-order valence-electron chi connectivity index (χ3n) is 3.05. The van der Waals surface area contributed by atoms with E-state index in [4.69, 9.17) is 16.9 Å². The SMILES string of the molecule is Cc1ccc(CN(C)c2ccc(C#N)c(Cl)c2)cc1. The Labute approximate surface area is 118 Å². The fourth-order valence-electron chi connectivity index (χ4n) is 1.89. The van der Waals surface area contributed by atoms with Gasteiger partial charge < -0.3 is 4.90 Å². The number of anilines is 1. The van der Waals surface area contributed by atoms with Gasteiger partial charge in [-0.25, -0.2) is 0 Å². The van der Waals surface area contributed by atoms with Crippen molar-refractivity contribution in [2.75, 3.05) is 11.9 Å². The van der Waals surface area contributed by atoms with E-state index >= 15 is 0 Å². The molecule has 0 aliphatic heterocycles. The van der Waals surface area contributed by atoms with Gasteiger partial charge in [-0.15, -0.1) is 0 Å². The van der Waals surface area contributed by atoms with E-state index < -0.39 is 0 Å². The lowest BCUT2D eigenvalue weighted by atomic mass is 10.1. The Morgan fingerprint density at radius 2 is 1.84 bits per heavy atom. The molecule has 0 amide bonds. The first kappa shape index (κ1) is 13.5. The molecule has 3 heteroatoms. The second kappa shape index (κ2) is 5.77. The standard InChI is InChI=1S/C16H15ClN2/c1-12-3-5-13(6-4-12)11-19(2)15-8-7-14(10-18)16(17)9-15/h3-9H,11H2,1-2H3. The van der Waals surface area contributed by atoms with Gasteiger partial charge in [-0.05, 0) is 30.7 Å². The van der Waals surface area contributed by atoms with Gasteiger partial charge >= 0.3 is 0 Å². The maximum absolute atomic E-state index is 8.86. The van der Waals surface area contributed by atoms with Crippen LogP contribution in [0.1, 0.15) is 16.7 Å². The molecule has 0 N–H and O–H groups in total. The highest BCUT2D eigenvalue weighted by molar-refractivity contribution is 6.32. The predicted molar refractivity (Wildman–Crippen MR) is 79.5 cm³/mol. The molecule has 2 rings (SSSR count). The normalized spacial score (nSPS) is 10.0. The summed E-state index contributed by atoms with van der Waals surface area (Å²) < 4.78 is 0. The van der Waals surface area contributed by atoms with Crippen LogP contribution in [0.3, 0.4) is 0 Å². The Hall–Kier alpha value is -1.98. The molecule has 0 aliphatic rings. The summed E-state index contributed by atoms with van der Waals surface area (Å²) in [6, 6.07) is 16.0. The zero-order valence-corrected chi connectivity index (χ0v) is 11.8. The van der Waals surface area contributed by atoms with Gasteiger partial charge in [0.2, 0.25) is 0 Å². The molecule has 0 radical (unpaired) electrons. The van der Waals surface area contributed by atoms with Crippen molar-refractivity contribution in [3.63, 3.8) is 0 Å². The minimum atomic E-state index is 0.496. The van der Waals surface area contributed by atoms with Gasteiger partial charge in [-0.3, -0.25) is 0 Å². The highest BCUT2D eigenvalue weighted by Crippen LogP contribution is 2.23. The lowest BCUT2D eigenvalue weighted by Gasteiger charge is -2.20. The van der Waals surface area contributed by atoms with E-state index in [1.165, 1.54) is 11.1 Å². The molecule has 96 valence electrons. The third kappa shape index (κ3) is 3.27. The van der Waals surface area contributed by atoms with Gasteiger partial charge in [0.15, 0.2) is 0 Å². The summed E-state index contributed by atoms with van der Waals surface area (Å²) in [6.07, 6.45) is 0. The predicted octanol–water partition coefficient (Wildman–Crippen LogP) is 4.16. The Bertz CT molecular complexity index is 612. The molecule has 0 atom stereocenters. The molecule has 0 heterocycles. The average Bonchev–Trinajstić information content (AvgIpc) is 2.41. The first-order valence-corrected chi connectivity index (χ1v) is 6.44. The monoisotopic (exact) mass is 270 g/mol. The minimum absolute atomic E-state index is 0.496. The smallest absolute Gasteiger partial charge is 0.101 e. The van der Waals surface area contributed by atoms with Crippen molar-refractivity contribution in [3.8, 4) is 6.07 Å². The summed E-state index contributed by atoms with van der Waals surface area (Å²) >= 11 is 6.05. The van der Waals surface area contributed by atoms with E-state index in [0.717, 1.165) is 12.2 Å². The number of hydrogen-bond donors (Lipinski definition) is 0. The first-order valence-electron chi connectivity index (χ1n) is 6.06. The van der Waals surface area contributed by atoms with Crippen LogP contribution < -0.4 is 4.90 Å². The van der Waals surface area contributed by atoms with Gasteiger partial charge in [0.05, 0.1) is 10.6 Å². The van der Waals surface area contributed by atoms with Crippen LogP contribution in [0.25, 0.3) is 0 Å². The molecule has 0 saturated heterocycles. The van der Waals surface area contributed by atoms with Crippen LogP contribution in [-0.2, 0) is 6.54 Å². The van der Waals surface area contributed by atoms with Gasteiger partial charge in [0.1, 0.15) is 6.07 Å². The van der Waals surface area contributed by atoms with Crippen LogP contribution in [0.4, 0.5) is 5.69 Å². The van der Waals surface area contributed by atoms with E-state index in [-0.39, 0.29) is 0 Å². The van der Waals surface area contributed by atoms with Gasteiger partial charge in [-0.2, -0.15) is 5.26 Å². The second-order valence-corrected chi connectivity index (χ2v) is 5.02. The van der Waals surface area contributed by atoms with Crippen LogP contribution in [0.5, 0.6) is 0 Å². The largest absolute Gasteiger partial charge is 0.370 e. The summed E-state index contributed by atoms with van der Waals surface area (Å²) in [4.78, 5) is 2.11. The summed E-state index contributed by atoms with van der Waals surface area (Å²) in [7, 11) is 2.01. The molecule has 0 spiro atoms. The molecule has 0 aliphatic carbocycles. The molecule has 0 unspecified atom stereocenters. The van der Waals surface area contributed by atoms with Crippen molar-refractivity contribution in [3.05, 3.63) is 64.2 Å². The topological polar surface area (TPSA) is 27.0 Å². The lowest BCUT2D eigenvalue weighted by molar-refractivity contribution is 0.922. The van der Waals surface area contributed by atoms with Crippen molar-refractivity contribution >= 4 is 17.3 Å². The number of hydrogen-bond acceptors (Lipinski definition) is 2. The molecule has 0 fully saturated rings. The molecule has 0 saturated carbocycles. The zero-order chi connectivity index (χ0) is 13.8. The van der Waals surface area contributed by atoms with Crippen LogP contribution in [0.15, 0.2) is 42.5 Å². The van der Waals surface area contributed by atoms with Gasteiger partial charge in [-0.1, -0.05) is 41.4 Å². The Morgan fingerprint density at radius 1 is 1.16 bits per heavy atom. The molecule has 0 aromatic heterocycles. The van der Waals surface area contributed by atoms with E-state index in [0.29, 0.717) is 10.6 Å². The highest BCUT2D eigenvalue weighted by Gasteiger charge is 2.05. The highest BCUT2D eigenvalue weighted by atomic mass is 35.5. The number of nitrogens with zero attached hydrogens (tertiary/aromatic N) is 2. The fourth-order valence-corrected chi connectivity index (χ4v) is 2.11. The quantitative estimate of drug-likeness (QED) is 0.837. The van der Waals surface area contributed by atoms with Crippen molar-refractivity contribution < 1.29 is 0 Å². The van der Waals surface area contributed by atoms with Crippen LogP contribution in [0.2, 0.25) is 5.02 Å². The van der Waals surface area contributed by atoms with Crippen LogP contribution >= 0.6 is 11.6 Å². The second-order valence-electron chi connectivity index (χ2n) is 4.62. The van der Waals surface area contributed by atoms with Crippen molar-refractivity contribution in [2.24, 2.45) is 0 Å². The van der Waals surface area contributed by atoms with Crippen molar-refractivity contribution in [1.82, 2.24) is 0 Å². The molecule has 2 nitrogen and oxygen atoms in total. The molecular formula is C16H15ClN2. The lowest BCUT2D eigenvalue weighted by Crippen LogP contribution is -2.16. The molecule has 2 aromatic rings. The number of halogens is 1. The van der Waals surface area contributed by atoms with Crippen LogP contribution in [-0.4, -0.2) is 7.05 Å². The molecule has 19 heavy (non-hydrogen) atoms. The number of aryl methyl sites for hydroxylation is 1. The van der Waals surface area contributed by atoms with E-state index in [9.17, 15) is 0 Å². The van der Waals surface area contributed by atoms with E-state index in [2.05, 4.69) is 42.2 Å². The third-order valence-corrected chi connectivity index (χ3v) is 3.37. The first-order chi connectivity index (χ1) is 9.10. The Morgan fingerprint density at radius 3 is 2.42 bits per heavy atom. The maximum Gasteiger partial charge on any atom is 0.101 e. The molecule has 0 bridgehead atoms. The summed E-state index contributed by atoms with van der Waals surface area (Å²) in [5.74, 6) is 0. The van der Waals surface area contributed by atoms with Crippen molar-refractivity contribution in [2.45, 2.75) is 13.5 Å². The average molecular weight is 271 g/mol. The van der Waals surface area contributed by atoms with Gasteiger partial charge in [0, 0.05) is 19.3 Å². The summed E-state index contributed by atoms with van der Waals surface area (Å²) in [5.41, 5.74) is 4.01. The number of nitriles is 1. The number of benzene rings is 2. The fraction of sp³-hybridized carbons (Fsp3) is 0.188. The molecular weight excluding hydrogens is 256 g/mol. The van der Waals surface area contributed by atoms with Crippen molar-refractivity contribution in [1.29, 1.82) is 5.26 Å². The molecule has 2 aromatic carbocycles. The summed E-state index contributed by atoms with van der Waals surface area (Å²) in [6.45, 7) is 2.89. The van der Waals surface area contributed by atoms with Gasteiger partial charge in [0.25, 0.3) is 0 Å².